The lowest BCUT2D eigenvalue weighted by Gasteiger charge is -2.29. The summed E-state index contributed by atoms with van der Waals surface area (Å²) in [4.78, 5) is 12.6. The molecule has 1 aliphatic rings. The summed E-state index contributed by atoms with van der Waals surface area (Å²) in [5, 5.41) is 14.8. The van der Waals surface area contributed by atoms with Crippen molar-refractivity contribution in [2.75, 3.05) is 31.6 Å². The minimum absolute atomic E-state index is 0.0731. The Hall–Kier alpha value is -1.33. The second kappa shape index (κ2) is 6.21. The summed E-state index contributed by atoms with van der Waals surface area (Å²) in [5.74, 6) is 0.558. The standard InChI is InChI=1S/C13H18ClN3O2/c1-16(9-10-5-7-15-8-6-10)13-11(14)3-2-4-12(13)17(18)19/h2-4,10,15H,5-9H2,1H3. The van der Waals surface area contributed by atoms with E-state index in [1.807, 2.05) is 11.9 Å². The van der Waals surface area contributed by atoms with Gasteiger partial charge in [0.25, 0.3) is 5.69 Å². The summed E-state index contributed by atoms with van der Waals surface area (Å²) in [6.45, 7) is 2.83. The highest BCUT2D eigenvalue weighted by molar-refractivity contribution is 6.33. The van der Waals surface area contributed by atoms with Gasteiger partial charge in [0.2, 0.25) is 0 Å². The van der Waals surface area contributed by atoms with Crippen LogP contribution in [0.5, 0.6) is 0 Å². The lowest BCUT2D eigenvalue weighted by Crippen LogP contribution is -2.34. The first-order valence-electron chi connectivity index (χ1n) is 6.44. The van der Waals surface area contributed by atoms with Crippen molar-refractivity contribution in [2.24, 2.45) is 5.92 Å². The van der Waals surface area contributed by atoms with Crippen LogP contribution in [0.1, 0.15) is 12.8 Å². The highest BCUT2D eigenvalue weighted by Gasteiger charge is 2.23. The molecule has 104 valence electrons. The molecule has 1 N–H and O–H groups in total. The van der Waals surface area contributed by atoms with E-state index >= 15 is 0 Å². The van der Waals surface area contributed by atoms with Gasteiger partial charge in [0.15, 0.2) is 0 Å². The van der Waals surface area contributed by atoms with Gasteiger partial charge in [-0.1, -0.05) is 17.7 Å². The van der Waals surface area contributed by atoms with Crippen LogP contribution in [0.25, 0.3) is 0 Å². The van der Waals surface area contributed by atoms with Gasteiger partial charge in [0.05, 0.1) is 9.95 Å². The normalized spacial score (nSPS) is 16.3. The van der Waals surface area contributed by atoms with Crippen molar-refractivity contribution >= 4 is 23.0 Å². The zero-order valence-corrected chi connectivity index (χ0v) is 11.7. The van der Waals surface area contributed by atoms with Crippen LogP contribution in [-0.2, 0) is 0 Å². The van der Waals surface area contributed by atoms with Crippen molar-refractivity contribution in [1.29, 1.82) is 0 Å². The largest absolute Gasteiger partial charge is 0.368 e. The van der Waals surface area contributed by atoms with Crippen molar-refractivity contribution in [2.45, 2.75) is 12.8 Å². The van der Waals surface area contributed by atoms with Crippen LogP contribution in [0, 0.1) is 16.0 Å². The molecule has 19 heavy (non-hydrogen) atoms. The number of piperidine rings is 1. The van der Waals surface area contributed by atoms with E-state index in [0.717, 1.165) is 32.5 Å². The summed E-state index contributed by atoms with van der Waals surface area (Å²) in [6.07, 6.45) is 2.20. The molecule has 5 nitrogen and oxygen atoms in total. The number of nitro groups is 1. The molecule has 1 saturated heterocycles. The quantitative estimate of drug-likeness (QED) is 0.682. The van der Waals surface area contributed by atoms with Crippen molar-refractivity contribution < 1.29 is 4.92 Å². The fourth-order valence-electron chi connectivity index (χ4n) is 2.57. The minimum atomic E-state index is -0.375. The Balaban J connectivity index is 2.17. The maximum atomic E-state index is 11.1. The predicted octanol–water partition coefficient (Wildman–Crippen LogP) is 2.68. The molecule has 1 aliphatic heterocycles. The molecule has 0 amide bonds. The van der Waals surface area contributed by atoms with Gasteiger partial charge in [-0.25, -0.2) is 0 Å². The van der Waals surface area contributed by atoms with Gasteiger partial charge in [-0.15, -0.1) is 0 Å². The Labute approximate surface area is 117 Å². The molecule has 1 aromatic carbocycles. The average Bonchev–Trinajstić information content (AvgIpc) is 2.39. The molecule has 0 spiro atoms. The number of hydrogen-bond acceptors (Lipinski definition) is 4. The van der Waals surface area contributed by atoms with Gasteiger partial charge in [-0.2, -0.15) is 0 Å². The van der Waals surface area contributed by atoms with E-state index in [0.29, 0.717) is 16.6 Å². The lowest BCUT2D eigenvalue weighted by atomic mass is 9.97. The van der Waals surface area contributed by atoms with E-state index < -0.39 is 0 Å². The van der Waals surface area contributed by atoms with E-state index in [9.17, 15) is 10.1 Å². The molecule has 2 rings (SSSR count). The Morgan fingerprint density at radius 2 is 2.16 bits per heavy atom. The first-order valence-corrected chi connectivity index (χ1v) is 6.82. The summed E-state index contributed by atoms with van der Waals surface area (Å²) < 4.78 is 0. The zero-order valence-electron chi connectivity index (χ0n) is 10.9. The summed E-state index contributed by atoms with van der Waals surface area (Å²) >= 11 is 6.13. The Bertz CT molecular complexity index is 461. The number of nitrogens with one attached hydrogen (secondary N) is 1. The number of rotatable bonds is 4. The average molecular weight is 284 g/mol. The third-order valence-electron chi connectivity index (χ3n) is 3.53. The predicted molar refractivity (Wildman–Crippen MR) is 77.0 cm³/mol. The van der Waals surface area contributed by atoms with Crippen LogP contribution in [0.15, 0.2) is 18.2 Å². The van der Waals surface area contributed by atoms with E-state index in [2.05, 4.69) is 5.32 Å². The molecule has 0 radical (unpaired) electrons. The molecular formula is C13H18ClN3O2. The molecular weight excluding hydrogens is 266 g/mol. The van der Waals surface area contributed by atoms with Gasteiger partial charge < -0.3 is 10.2 Å². The molecule has 0 aromatic heterocycles. The van der Waals surface area contributed by atoms with Crippen LogP contribution in [0.2, 0.25) is 5.02 Å². The van der Waals surface area contributed by atoms with Crippen LogP contribution in [0.3, 0.4) is 0 Å². The van der Waals surface area contributed by atoms with E-state index in [-0.39, 0.29) is 10.6 Å². The fourth-order valence-corrected chi connectivity index (χ4v) is 2.89. The topological polar surface area (TPSA) is 58.4 Å². The SMILES string of the molecule is CN(CC1CCNCC1)c1c(Cl)cccc1[N+](=O)[O-]. The van der Waals surface area contributed by atoms with Crippen molar-refractivity contribution in [3.8, 4) is 0 Å². The first-order chi connectivity index (χ1) is 9.09. The number of anilines is 1. The molecule has 0 bridgehead atoms. The Morgan fingerprint density at radius 1 is 1.47 bits per heavy atom. The first kappa shape index (κ1) is 14.1. The second-order valence-electron chi connectivity index (χ2n) is 4.94. The Morgan fingerprint density at radius 3 is 2.79 bits per heavy atom. The van der Waals surface area contributed by atoms with Crippen molar-refractivity contribution in [3.05, 3.63) is 33.3 Å². The highest BCUT2D eigenvalue weighted by atomic mass is 35.5. The number of benzene rings is 1. The maximum Gasteiger partial charge on any atom is 0.294 e. The van der Waals surface area contributed by atoms with Gasteiger partial charge in [0, 0.05) is 19.7 Å². The van der Waals surface area contributed by atoms with Gasteiger partial charge in [-0.3, -0.25) is 10.1 Å². The third kappa shape index (κ3) is 3.36. The number of halogens is 1. The van der Waals surface area contributed by atoms with Crippen LogP contribution < -0.4 is 10.2 Å². The maximum absolute atomic E-state index is 11.1. The zero-order chi connectivity index (χ0) is 13.8. The van der Waals surface area contributed by atoms with Crippen molar-refractivity contribution in [1.82, 2.24) is 5.32 Å². The highest BCUT2D eigenvalue weighted by Crippen LogP contribution is 2.35. The minimum Gasteiger partial charge on any atom is -0.368 e. The van der Waals surface area contributed by atoms with E-state index in [4.69, 9.17) is 11.6 Å². The van der Waals surface area contributed by atoms with Crippen LogP contribution in [0.4, 0.5) is 11.4 Å². The molecule has 0 unspecified atom stereocenters. The van der Waals surface area contributed by atoms with E-state index in [1.54, 1.807) is 12.1 Å². The molecule has 6 heteroatoms. The molecule has 0 aliphatic carbocycles. The number of nitrogens with zero attached hydrogens (tertiary/aromatic N) is 2. The van der Waals surface area contributed by atoms with E-state index in [1.165, 1.54) is 6.07 Å². The molecule has 1 heterocycles. The Kier molecular flexibility index (Phi) is 4.61. The number of hydrogen-bond donors (Lipinski definition) is 1. The monoisotopic (exact) mass is 283 g/mol. The molecule has 0 saturated carbocycles. The summed E-state index contributed by atoms with van der Waals surface area (Å²) in [7, 11) is 1.87. The smallest absolute Gasteiger partial charge is 0.294 e. The van der Waals surface area contributed by atoms with Gasteiger partial charge >= 0.3 is 0 Å². The second-order valence-corrected chi connectivity index (χ2v) is 5.35. The number of nitro benzene ring substituents is 1. The summed E-state index contributed by atoms with van der Waals surface area (Å²) in [6, 6.07) is 4.81. The van der Waals surface area contributed by atoms with Crippen LogP contribution in [-0.4, -0.2) is 31.6 Å². The molecule has 1 aromatic rings. The van der Waals surface area contributed by atoms with Crippen molar-refractivity contribution in [3.63, 3.8) is 0 Å². The number of para-hydroxylation sites is 1. The molecule has 0 atom stereocenters. The van der Waals surface area contributed by atoms with Gasteiger partial charge in [-0.05, 0) is 37.9 Å². The third-order valence-corrected chi connectivity index (χ3v) is 3.84. The summed E-state index contributed by atoms with van der Waals surface area (Å²) in [5.41, 5.74) is 0.594. The van der Waals surface area contributed by atoms with Crippen LogP contribution >= 0.6 is 11.6 Å². The van der Waals surface area contributed by atoms with Gasteiger partial charge in [0.1, 0.15) is 5.69 Å². The fraction of sp³-hybridized carbons (Fsp3) is 0.538. The molecule has 1 fully saturated rings. The lowest BCUT2D eigenvalue weighted by molar-refractivity contribution is -0.384.